The molecule has 0 N–H and O–H groups in total. The van der Waals surface area contributed by atoms with E-state index < -0.39 is 23.6 Å². The smallest absolute Gasteiger partial charge is 0.167 e. The number of benzene rings is 2. The topological polar surface area (TPSA) is 9.23 Å². The highest BCUT2D eigenvalue weighted by Gasteiger charge is 2.27. The minimum atomic E-state index is -1.01. The highest BCUT2D eigenvalue weighted by molar-refractivity contribution is 5.66. The average Bonchev–Trinajstić information content (AvgIpc) is 2.63. The van der Waals surface area contributed by atoms with Gasteiger partial charge < -0.3 is 4.74 Å². The van der Waals surface area contributed by atoms with Crippen LogP contribution in [0.25, 0.3) is 11.1 Å². The number of ether oxygens (including phenoxy) is 1. The molecule has 2 aromatic rings. The summed E-state index contributed by atoms with van der Waals surface area (Å²) < 4.78 is 49.2. The van der Waals surface area contributed by atoms with E-state index in [0.29, 0.717) is 18.9 Å². The molecule has 2 unspecified atom stereocenters. The number of hydrogen-bond donors (Lipinski definition) is 0. The van der Waals surface area contributed by atoms with Crippen LogP contribution in [0.2, 0.25) is 0 Å². The van der Waals surface area contributed by atoms with Gasteiger partial charge in [-0.2, -0.15) is 0 Å². The van der Waals surface area contributed by atoms with E-state index in [9.17, 15) is 13.2 Å². The van der Waals surface area contributed by atoms with Gasteiger partial charge in [0, 0.05) is 16.7 Å². The van der Waals surface area contributed by atoms with Crippen LogP contribution in [0.4, 0.5) is 13.2 Å². The van der Waals surface area contributed by atoms with Crippen LogP contribution in [0, 0.1) is 30.3 Å². The third-order valence-electron chi connectivity index (χ3n) is 5.21. The van der Waals surface area contributed by atoms with Gasteiger partial charge in [0.05, 0.1) is 12.7 Å². The standard InChI is InChI=1S/C22H25F3O/c1-3-4-5-15-7-11-20(26-13-15)18-10-9-17(21(24)22(18)25)16-8-6-14(2)12-19(16)23/h6,8-10,12,15,20H,3-5,7,11,13H2,1-2H3. The van der Waals surface area contributed by atoms with E-state index in [1.165, 1.54) is 30.7 Å². The molecule has 1 nitrogen and oxygen atoms in total. The molecule has 26 heavy (non-hydrogen) atoms. The predicted octanol–water partition coefficient (Wildman–Crippen LogP) is 6.74. The Morgan fingerprint density at radius 3 is 2.42 bits per heavy atom. The van der Waals surface area contributed by atoms with Gasteiger partial charge in [-0.05, 0) is 43.7 Å². The minimum absolute atomic E-state index is 0.0552. The molecule has 1 saturated heterocycles. The summed E-state index contributed by atoms with van der Waals surface area (Å²) >= 11 is 0. The first-order valence-corrected chi connectivity index (χ1v) is 9.37. The molecule has 1 aliphatic heterocycles. The molecule has 0 aromatic heterocycles. The van der Waals surface area contributed by atoms with Crippen molar-refractivity contribution in [3.63, 3.8) is 0 Å². The quantitative estimate of drug-likeness (QED) is 0.572. The molecular weight excluding hydrogens is 337 g/mol. The van der Waals surface area contributed by atoms with Crippen LogP contribution < -0.4 is 0 Å². The predicted molar refractivity (Wildman–Crippen MR) is 97.4 cm³/mol. The van der Waals surface area contributed by atoms with Crippen molar-refractivity contribution in [3.05, 3.63) is 58.9 Å². The van der Waals surface area contributed by atoms with Crippen LogP contribution in [0.3, 0.4) is 0 Å². The molecule has 0 spiro atoms. The van der Waals surface area contributed by atoms with Crippen molar-refractivity contribution in [2.24, 2.45) is 5.92 Å². The van der Waals surface area contributed by atoms with Gasteiger partial charge in [0.25, 0.3) is 0 Å². The Balaban J connectivity index is 1.80. The van der Waals surface area contributed by atoms with Crippen molar-refractivity contribution in [2.75, 3.05) is 6.61 Å². The molecule has 4 heteroatoms. The molecule has 0 amide bonds. The molecular formula is C22H25F3O. The summed E-state index contributed by atoms with van der Waals surface area (Å²) in [6.07, 6.45) is 4.64. The monoisotopic (exact) mass is 362 g/mol. The fourth-order valence-corrected chi connectivity index (χ4v) is 3.63. The zero-order valence-electron chi connectivity index (χ0n) is 15.3. The van der Waals surface area contributed by atoms with E-state index >= 15 is 0 Å². The van der Waals surface area contributed by atoms with E-state index in [1.807, 2.05) is 0 Å². The van der Waals surface area contributed by atoms with Gasteiger partial charge in [-0.1, -0.05) is 44.0 Å². The molecule has 2 aromatic carbocycles. The SMILES string of the molecule is CCCCC1CCC(c2ccc(-c3ccc(C)cc3F)c(F)c2F)OC1. The lowest BCUT2D eigenvalue weighted by Gasteiger charge is -2.29. The Morgan fingerprint density at radius 2 is 1.77 bits per heavy atom. The number of aryl methyl sites for hydroxylation is 1. The van der Waals surface area contributed by atoms with Crippen molar-refractivity contribution in [1.82, 2.24) is 0 Å². The van der Waals surface area contributed by atoms with Gasteiger partial charge in [-0.3, -0.25) is 0 Å². The second-order valence-corrected chi connectivity index (χ2v) is 7.22. The summed E-state index contributed by atoms with van der Waals surface area (Å²) in [4.78, 5) is 0. The van der Waals surface area contributed by atoms with E-state index in [4.69, 9.17) is 4.74 Å². The number of hydrogen-bond acceptors (Lipinski definition) is 1. The highest BCUT2D eigenvalue weighted by atomic mass is 19.2. The van der Waals surface area contributed by atoms with Gasteiger partial charge in [0.15, 0.2) is 11.6 Å². The van der Waals surface area contributed by atoms with Crippen LogP contribution >= 0.6 is 0 Å². The largest absolute Gasteiger partial charge is 0.373 e. The Morgan fingerprint density at radius 1 is 1.00 bits per heavy atom. The van der Waals surface area contributed by atoms with Gasteiger partial charge >= 0.3 is 0 Å². The van der Waals surface area contributed by atoms with Crippen molar-refractivity contribution in [3.8, 4) is 11.1 Å². The maximum atomic E-state index is 14.7. The Hall–Kier alpha value is -1.81. The van der Waals surface area contributed by atoms with Crippen molar-refractivity contribution < 1.29 is 17.9 Å². The van der Waals surface area contributed by atoms with Crippen LogP contribution in [-0.2, 0) is 4.74 Å². The van der Waals surface area contributed by atoms with Crippen LogP contribution in [-0.4, -0.2) is 6.61 Å². The maximum absolute atomic E-state index is 14.7. The first kappa shape index (κ1) is 19.0. The summed E-state index contributed by atoms with van der Waals surface area (Å²) in [5, 5.41) is 0. The maximum Gasteiger partial charge on any atom is 0.167 e. The third kappa shape index (κ3) is 3.96. The minimum Gasteiger partial charge on any atom is -0.373 e. The number of rotatable bonds is 5. The molecule has 0 radical (unpaired) electrons. The second-order valence-electron chi connectivity index (χ2n) is 7.22. The second kappa shape index (κ2) is 8.26. The normalized spacial score (nSPS) is 20.3. The third-order valence-corrected chi connectivity index (χ3v) is 5.21. The number of unbranched alkanes of at least 4 members (excludes halogenated alkanes) is 1. The fourth-order valence-electron chi connectivity index (χ4n) is 3.63. The van der Waals surface area contributed by atoms with Crippen molar-refractivity contribution in [2.45, 2.75) is 52.1 Å². The zero-order valence-corrected chi connectivity index (χ0v) is 15.3. The highest BCUT2D eigenvalue weighted by Crippen LogP contribution is 2.37. The van der Waals surface area contributed by atoms with Gasteiger partial charge in [-0.15, -0.1) is 0 Å². The molecule has 1 aliphatic rings. The Labute approximate surface area is 153 Å². The van der Waals surface area contributed by atoms with Crippen molar-refractivity contribution >= 4 is 0 Å². The molecule has 1 fully saturated rings. The van der Waals surface area contributed by atoms with Gasteiger partial charge in [0.2, 0.25) is 0 Å². The molecule has 3 rings (SSSR count). The van der Waals surface area contributed by atoms with Crippen LogP contribution in [0.1, 0.15) is 56.3 Å². The van der Waals surface area contributed by atoms with Crippen LogP contribution in [0.5, 0.6) is 0 Å². The van der Waals surface area contributed by atoms with Crippen molar-refractivity contribution in [1.29, 1.82) is 0 Å². The lowest BCUT2D eigenvalue weighted by Crippen LogP contribution is -2.21. The van der Waals surface area contributed by atoms with E-state index in [2.05, 4.69) is 6.92 Å². The van der Waals surface area contributed by atoms with Gasteiger partial charge in [0.1, 0.15) is 5.82 Å². The summed E-state index contributed by atoms with van der Waals surface area (Å²) in [6.45, 7) is 4.49. The van der Waals surface area contributed by atoms with Crippen LogP contribution in [0.15, 0.2) is 30.3 Å². The zero-order chi connectivity index (χ0) is 18.7. The Kier molecular flexibility index (Phi) is 6.02. The molecule has 140 valence electrons. The molecule has 2 atom stereocenters. The number of halogens is 3. The first-order valence-electron chi connectivity index (χ1n) is 9.37. The lowest BCUT2D eigenvalue weighted by atomic mass is 9.90. The fraction of sp³-hybridized carbons (Fsp3) is 0.455. The Bertz CT molecular complexity index is 764. The van der Waals surface area contributed by atoms with E-state index in [-0.39, 0.29) is 16.7 Å². The summed E-state index contributed by atoms with van der Waals surface area (Å²) in [7, 11) is 0. The van der Waals surface area contributed by atoms with E-state index in [0.717, 1.165) is 24.8 Å². The summed E-state index contributed by atoms with van der Waals surface area (Å²) in [6, 6.07) is 7.47. The molecule has 0 bridgehead atoms. The average molecular weight is 362 g/mol. The molecule has 0 saturated carbocycles. The first-order chi connectivity index (χ1) is 12.5. The van der Waals surface area contributed by atoms with Gasteiger partial charge in [-0.25, -0.2) is 13.2 Å². The lowest BCUT2D eigenvalue weighted by molar-refractivity contribution is -0.0217. The molecule has 1 heterocycles. The summed E-state index contributed by atoms with van der Waals surface area (Å²) in [5.41, 5.74) is 0.979. The molecule has 0 aliphatic carbocycles. The summed E-state index contributed by atoms with van der Waals surface area (Å²) in [5.74, 6) is -2.00. The van der Waals surface area contributed by atoms with E-state index in [1.54, 1.807) is 13.0 Å².